The molecule has 0 spiro atoms. The SMILES string of the molecule is CCCn1ncnc1CC(C)C(=O)O. The zero-order chi connectivity index (χ0) is 10.6. The summed E-state index contributed by atoms with van der Waals surface area (Å²) in [4.78, 5) is 14.7. The van der Waals surface area contributed by atoms with Crippen LogP contribution in [0.25, 0.3) is 0 Å². The van der Waals surface area contributed by atoms with Gasteiger partial charge in [0.25, 0.3) is 0 Å². The Morgan fingerprint density at radius 2 is 2.43 bits per heavy atom. The minimum atomic E-state index is -0.795. The Balaban J connectivity index is 2.66. The van der Waals surface area contributed by atoms with Crippen molar-refractivity contribution in [1.82, 2.24) is 14.8 Å². The van der Waals surface area contributed by atoms with E-state index in [4.69, 9.17) is 5.11 Å². The van der Waals surface area contributed by atoms with Gasteiger partial charge in [-0.2, -0.15) is 5.10 Å². The van der Waals surface area contributed by atoms with Crippen LogP contribution >= 0.6 is 0 Å². The summed E-state index contributed by atoms with van der Waals surface area (Å²) in [5.74, 6) is -0.451. The fourth-order valence-corrected chi connectivity index (χ4v) is 1.21. The highest BCUT2D eigenvalue weighted by molar-refractivity contribution is 5.69. The van der Waals surface area contributed by atoms with E-state index in [9.17, 15) is 4.79 Å². The van der Waals surface area contributed by atoms with Gasteiger partial charge in [-0.1, -0.05) is 13.8 Å². The summed E-state index contributed by atoms with van der Waals surface area (Å²) in [5.41, 5.74) is 0. The molecule has 1 heterocycles. The molecule has 1 rings (SSSR count). The maximum atomic E-state index is 10.6. The van der Waals surface area contributed by atoms with Crippen molar-refractivity contribution in [2.75, 3.05) is 0 Å². The van der Waals surface area contributed by atoms with Crippen LogP contribution in [0.15, 0.2) is 6.33 Å². The number of nitrogens with zero attached hydrogens (tertiary/aromatic N) is 3. The number of hydrogen-bond acceptors (Lipinski definition) is 3. The standard InChI is InChI=1S/C9H15N3O2/c1-3-4-12-8(10-6-11-12)5-7(2)9(13)14/h6-7H,3-5H2,1-2H3,(H,13,14). The molecule has 0 amide bonds. The summed E-state index contributed by atoms with van der Waals surface area (Å²) >= 11 is 0. The van der Waals surface area contributed by atoms with Crippen LogP contribution in [0.5, 0.6) is 0 Å². The predicted molar refractivity (Wildman–Crippen MR) is 50.8 cm³/mol. The zero-order valence-corrected chi connectivity index (χ0v) is 8.47. The van der Waals surface area contributed by atoms with Crippen molar-refractivity contribution in [1.29, 1.82) is 0 Å². The van der Waals surface area contributed by atoms with Crippen molar-refractivity contribution in [3.8, 4) is 0 Å². The fourth-order valence-electron chi connectivity index (χ4n) is 1.21. The van der Waals surface area contributed by atoms with E-state index in [0.717, 1.165) is 18.8 Å². The molecule has 0 saturated carbocycles. The third kappa shape index (κ3) is 2.55. The van der Waals surface area contributed by atoms with Crippen LogP contribution in [0.4, 0.5) is 0 Å². The number of carboxylic acids is 1. The Morgan fingerprint density at radius 3 is 3.00 bits per heavy atom. The molecule has 0 bridgehead atoms. The summed E-state index contributed by atoms with van der Waals surface area (Å²) in [6, 6.07) is 0. The number of carbonyl (C=O) groups is 1. The van der Waals surface area contributed by atoms with Gasteiger partial charge < -0.3 is 5.11 Å². The highest BCUT2D eigenvalue weighted by atomic mass is 16.4. The summed E-state index contributed by atoms with van der Waals surface area (Å²) in [6.07, 6.45) is 2.88. The Bertz CT molecular complexity index is 309. The van der Waals surface area contributed by atoms with Gasteiger partial charge in [-0.25, -0.2) is 4.98 Å². The van der Waals surface area contributed by atoms with Gasteiger partial charge in [0.2, 0.25) is 0 Å². The number of carboxylic acid groups (broad SMARTS) is 1. The monoisotopic (exact) mass is 197 g/mol. The van der Waals surface area contributed by atoms with E-state index in [1.807, 2.05) is 6.92 Å². The molecule has 0 fully saturated rings. The second-order valence-corrected chi connectivity index (χ2v) is 3.34. The largest absolute Gasteiger partial charge is 0.481 e. The number of hydrogen-bond donors (Lipinski definition) is 1. The lowest BCUT2D eigenvalue weighted by molar-refractivity contribution is -0.141. The van der Waals surface area contributed by atoms with Crippen LogP contribution < -0.4 is 0 Å². The quantitative estimate of drug-likeness (QED) is 0.763. The highest BCUT2D eigenvalue weighted by Gasteiger charge is 2.15. The van der Waals surface area contributed by atoms with E-state index in [0.29, 0.717) is 6.42 Å². The fraction of sp³-hybridized carbons (Fsp3) is 0.667. The van der Waals surface area contributed by atoms with E-state index in [1.165, 1.54) is 6.33 Å². The first-order valence-corrected chi connectivity index (χ1v) is 4.74. The topological polar surface area (TPSA) is 68.0 Å². The summed E-state index contributed by atoms with van der Waals surface area (Å²) in [6.45, 7) is 4.51. The number of aryl methyl sites for hydroxylation is 1. The van der Waals surface area contributed by atoms with Crippen molar-refractivity contribution in [3.05, 3.63) is 12.2 Å². The molecule has 0 aromatic carbocycles. The van der Waals surface area contributed by atoms with Crippen LogP contribution in [0.3, 0.4) is 0 Å². The molecule has 78 valence electrons. The molecular formula is C9H15N3O2. The summed E-state index contributed by atoms with van der Waals surface area (Å²) < 4.78 is 1.76. The molecule has 1 N–H and O–H groups in total. The van der Waals surface area contributed by atoms with Crippen LogP contribution in [-0.2, 0) is 17.8 Å². The van der Waals surface area contributed by atoms with Gasteiger partial charge >= 0.3 is 5.97 Å². The van der Waals surface area contributed by atoms with Gasteiger partial charge in [0.05, 0.1) is 5.92 Å². The van der Waals surface area contributed by atoms with Crippen LogP contribution in [-0.4, -0.2) is 25.8 Å². The van der Waals surface area contributed by atoms with Gasteiger partial charge in [-0.15, -0.1) is 0 Å². The molecule has 5 nitrogen and oxygen atoms in total. The molecule has 0 radical (unpaired) electrons. The predicted octanol–water partition coefficient (Wildman–Crippen LogP) is 0.951. The normalized spacial score (nSPS) is 12.7. The van der Waals surface area contributed by atoms with E-state index >= 15 is 0 Å². The van der Waals surface area contributed by atoms with E-state index in [2.05, 4.69) is 10.1 Å². The lowest BCUT2D eigenvalue weighted by Crippen LogP contribution is -2.16. The maximum absolute atomic E-state index is 10.6. The lowest BCUT2D eigenvalue weighted by atomic mass is 10.1. The minimum Gasteiger partial charge on any atom is -0.481 e. The Labute approximate surface area is 82.8 Å². The molecule has 1 aromatic heterocycles. The molecule has 5 heteroatoms. The Kier molecular flexibility index (Phi) is 3.62. The Hall–Kier alpha value is -1.39. The van der Waals surface area contributed by atoms with Crippen LogP contribution in [0, 0.1) is 5.92 Å². The molecule has 0 aliphatic heterocycles. The second kappa shape index (κ2) is 4.74. The van der Waals surface area contributed by atoms with Crippen molar-refractivity contribution >= 4 is 5.97 Å². The van der Waals surface area contributed by atoms with Crippen LogP contribution in [0.2, 0.25) is 0 Å². The zero-order valence-electron chi connectivity index (χ0n) is 8.47. The molecule has 0 aliphatic carbocycles. The van der Waals surface area contributed by atoms with Crippen molar-refractivity contribution in [2.45, 2.75) is 33.2 Å². The second-order valence-electron chi connectivity index (χ2n) is 3.34. The van der Waals surface area contributed by atoms with Gasteiger partial charge in [0.1, 0.15) is 12.2 Å². The molecule has 0 saturated heterocycles. The average molecular weight is 197 g/mol. The first kappa shape index (κ1) is 10.7. The number of aliphatic carboxylic acids is 1. The Morgan fingerprint density at radius 1 is 1.71 bits per heavy atom. The van der Waals surface area contributed by atoms with E-state index in [-0.39, 0.29) is 0 Å². The molecule has 0 aliphatic rings. The van der Waals surface area contributed by atoms with Crippen LogP contribution in [0.1, 0.15) is 26.1 Å². The first-order valence-electron chi connectivity index (χ1n) is 4.74. The average Bonchev–Trinajstić information content (AvgIpc) is 2.53. The molecule has 1 aromatic rings. The van der Waals surface area contributed by atoms with Gasteiger partial charge in [0, 0.05) is 13.0 Å². The third-order valence-electron chi connectivity index (χ3n) is 2.04. The van der Waals surface area contributed by atoms with E-state index < -0.39 is 11.9 Å². The number of aromatic nitrogens is 3. The third-order valence-corrected chi connectivity index (χ3v) is 2.04. The van der Waals surface area contributed by atoms with Crippen molar-refractivity contribution < 1.29 is 9.90 Å². The smallest absolute Gasteiger partial charge is 0.306 e. The minimum absolute atomic E-state index is 0.408. The maximum Gasteiger partial charge on any atom is 0.306 e. The molecule has 1 atom stereocenters. The van der Waals surface area contributed by atoms with Crippen molar-refractivity contribution in [3.63, 3.8) is 0 Å². The van der Waals surface area contributed by atoms with Crippen molar-refractivity contribution in [2.24, 2.45) is 5.92 Å². The van der Waals surface area contributed by atoms with E-state index in [1.54, 1.807) is 11.6 Å². The molecular weight excluding hydrogens is 182 g/mol. The molecule has 1 unspecified atom stereocenters. The number of rotatable bonds is 5. The molecule has 14 heavy (non-hydrogen) atoms. The first-order chi connectivity index (χ1) is 6.65. The van der Waals surface area contributed by atoms with Gasteiger partial charge in [-0.05, 0) is 6.42 Å². The highest BCUT2D eigenvalue weighted by Crippen LogP contribution is 2.06. The van der Waals surface area contributed by atoms with Gasteiger partial charge in [0.15, 0.2) is 0 Å². The summed E-state index contributed by atoms with van der Waals surface area (Å²) in [5, 5.41) is 12.8. The summed E-state index contributed by atoms with van der Waals surface area (Å²) in [7, 11) is 0. The lowest BCUT2D eigenvalue weighted by Gasteiger charge is -2.06. The van der Waals surface area contributed by atoms with Gasteiger partial charge in [-0.3, -0.25) is 9.48 Å².